The lowest BCUT2D eigenvalue weighted by atomic mass is 9.83. The normalized spacial score (nSPS) is 28.3. The molecule has 2 fully saturated rings. The maximum atomic E-state index is 5.51. The van der Waals surface area contributed by atoms with Crippen molar-refractivity contribution < 1.29 is 4.74 Å². The number of hydrogen-bond donors (Lipinski definition) is 1. The minimum absolute atomic E-state index is 0.282. The van der Waals surface area contributed by atoms with Crippen LogP contribution in [0.2, 0.25) is 0 Å². The Balaban J connectivity index is 1.86. The SMILES string of the molecule is CCOc1ccc(C2(C3CC3)CCCN2)cc1. The summed E-state index contributed by atoms with van der Waals surface area (Å²) in [4.78, 5) is 0. The maximum Gasteiger partial charge on any atom is 0.119 e. The molecule has 92 valence electrons. The highest BCUT2D eigenvalue weighted by atomic mass is 16.5. The van der Waals surface area contributed by atoms with E-state index in [1.165, 1.54) is 37.8 Å². The maximum absolute atomic E-state index is 5.51. The second kappa shape index (κ2) is 4.34. The molecule has 1 atom stereocenters. The highest BCUT2D eigenvalue weighted by Crippen LogP contribution is 2.50. The zero-order valence-electron chi connectivity index (χ0n) is 10.5. The molecule has 1 aromatic carbocycles. The van der Waals surface area contributed by atoms with Crippen LogP contribution in [0.3, 0.4) is 0 Å². The Morgan fingerprint density at radius 1 is 1.29 bits per heavy atom. The summed E-state index contributed by atoms with van der Waals surface area (Å²) < 4.78 is 5.51. The van der Waals surface area contributed by atoms with Crippen LogP contribution in [-0.4, -0.2) is 13.2 Å². The average molecular weight is 231 g/mol. The topological polar surface area (TPSA) is 21.3 Å². The summed E-state index contributed by atoms with van der Waals surface area (Å²) in [5.74, 6) is 1.85. The van der Waals surface area contributed by atoms with E-state index in [1.54, 1.807) is 0 Å². The van der Waals surface area contributed by atoms with E-state index in [0.717, 1.165) is 18.3 Å². The van der Waals surface area contributed by atoms with E-state index >= 15 is 0 Å². The van der Waals surface area contributed by atoms with Crippen LogP contribution < -0.4 is 10.1 Å². The molecule has 3 rings (SSSR count). The van der Waals surface area contributed by atoms with Gasteiger partial charge in [0.25, 0.3) is 0 Å². The second-order valence-corrected chi connectivity index (χ2v) is 5.23. The second-order valence-electron chi connectivity index (χ2n) is 5.23. The van der Waals surface area contributed by atoms with Crippen LogP contribution in [0.5, 0.6) is 5.75 Å². The van der Waals surface area contributed by atoms with Crippen molar-refractivity contribution >= 4 is 0 Å². The Kier molecular flexibility index (Phi) is 2.83. The Bertz CT molecular complexity index is 374. The van der Waals surface area contributed by atoms with Crippen molar-refractivity contribution in [1.29, 1.82) is 0 Å². The van der Waals surface area contributed by atoms with Crippen LogP contribution >= 0.6 is 0 Å². The number of ether oxygens (including phenoxy) is 1. The van der Waals surface area contributed by atoms with Crippen molar-refractivity contribution in [3.8, 4) is 5.75 Å². The van der Waals surface area contributed by atoms with Gasteiger partial charge < -0.3 is 10.1 Å². The minimum Gasteiger partial charge on any atom is -0.494 e. The molecule has 0 bridgehead atoms. The first-order chi connectivity index (χ1) is 8.35. The number of nitrogens with one attached hydrogen (secondary N) is 1. The van der Waals surface area contributed by atoms with Crippen LogP contribution in [0.4, 0.5) is 0 Å². The van der Waals surface area contributed by atoms with Gasteiger partial charge in [-0.2, -0.15) is 0 Å². The molecule has 0 amide bonds. The summed E-state index contributed by atoms with van der Waals surface area (Å²) in [6.45, 7) is 3.94. The number of benzene rings is 1. The van der Waals surface area contributed by atoms with Gasteiger partial charge in [-0.05, 0) is 62.8 Å². The number of hydrogen-bond acceptors (Lipinski definition) is 2. The molecular weight excluding hydrogens is 210 g/mol. The fourth-order valence-corrected chi connectivity index (χ4v) is 3.19. The van der Waals surface area contributed by atoms with Gasteiger partial charge in [-0.1, -0.05) is 12.1 Å². The van der Waals surface area contributed by atoms with Crippen LogP contribution in [0.25, 0.3) is 0 Å². The lowest BCUT2D eigenvalue weighted by Crippen LogP contribution is -2.38. The highest BCUT2D eigenvalue weighted by molar-refractivity contribution is 5.34. The molecule has 1 saturated carbocycles. The first-order valence-corrected chi connectivity index (χ1v) is 6.83. The van der Waals surface area contributed by atoms with Gasteiger partial charge in [0.15, 0.2) is 0 Å². The Morgan fingerprint density at radius 2 is 2.06 bits per heavy atom. The monoisotopic (exact) mass is 231 g/mol. The Morgan fingerprint density at radius 3 is 2.59 bits per heavy atom. The molecule has 1 aromatic rings. The van der Waals surface area contributed by atoms with E-state index < -0.39 is 0 Å². The molecule has 1 unspecified atom stereocenters. The van der Waals surface area contributed by atoms with Gasteiger partial charge in [-0.15, -0.1) is 0 Å². The molecule has 17 heavy (non-hydrogen) atoms. The first-order valence-electron chi connectivity index (χ1n) is 6.83. The molecule has 1 N–H and O–H groups in total. The number of rotatable bonds is 4. The third kappa shape index (κ3) is 1.95. The minimum atomic E-state index is 0.282. The van der Waals surface area contributed by atoms with Gasteiger partial charge in [-0.25, -0.2) is 0 Å². The molecule has 2 aliphatic rings. The third-order valence-corrected chi connectivity index (χ3v) is 4.14. The largest absolute Gasteiger partial charge is 0.494 e. The highest BCUT2D eigenvalue weighted by Gasteiger charge is 2.47. The molecule has 1 aliphatic carbocycles. The van der Waals surface area contributed by atoms with Crippen LogP contribution in [0.15, 0.2) is 24.3 Å². The fraction of sp³-hybridized carbons (Fsp3) is 0.600. The molecule has 1 heterocycles. The van der Waals surface area contributed by atoms with Crippen LogP contribution in [0.1, 0.15) is 38.2 Å². The first kappa shape index (κ1) is 11.1. The van der Waals surface area contributed by atoms with E-state index in [0.29, 0.717) is 0 Å². The van der Waals surface area contributed by atoms with Crippen molar-refractivity contribution in [2.45, 2.75) is 38.1 Å². The van der Waals surface area contributed by atoms with E-state index in [-0.39, 0.29) is 5.54 Å². The quantitative estimate of drug-likeness (QED) is 0.860. The van der Waals surface area contributed by atoms with E-state index in [9.17, 15) is 0 Å². The summed E-state index contributed by atoms with van der Waals surface area (Å²) >= 11 is 0. The van der Waals surface area contributed by atoms with Gasteiger partial charge >= 0.3 is 0 Å². The van der Waals surface area contributed by atoms with Crippen molar-refractivity contribution in [3.05, 3.63) is 29.8 Å². The average Bonchev–Trinajstić information content (AvgIpc) is 3.10. The standard InChI is InChI=1S/C15H21NO/c1-2-17-14-8-6-13(7-9-14)15(12-4-5-12)10-3-11-16-15/h6-9,12,16H,2-5,10-11H2,1H3. The Hall–Kier alpha value is -1.02. The predicted molar refractivity (Wildman–Crippen MR) is 69.2 cm³/mol. The van der Waals surface area contributed by atoms with Gasteiger partial charge in [0.1, 0.15) is 5.75 Å². The fourth-order valence-electron chi connectivity index (χ4n) is 3.19. The zero-order chi connectivity index (χ0) is 11.7. The zero-order valence-corrected chi connectivity index (χ0v) is 10.5. The van der Waals surface area contributed by atoms with Gasteiger partial charge in [0.05, 0.1) is 6.61 Å². The summed E-state index contributed by atoms with van der Waals surface area (Å²) in [6.07, 6.45) is 5.38. The molecule has 2 heteroatoms. The van der Waals surface area contributed by atoms with Crippen molar-refractivity contribution in [3.63, 3.8) is 0 Å². The summed E-state index contributed by atoms with van der Waals surface area (Å²) in [7, 11) is 0. The lowest BCUT2D eigenvalue weighted by molar-refractivity contribution is 0.330. The van der Waals surface area contributed by atoms with E-state index in [2.05, 4.69) is 29.6 Å². The summed E-state index contributed by atoms with van der Waals surface area (Å²) in [6, 6.07) is 8.73. The lowest BCUT2D eigenvalue weighted by Gasteiger charge is -2.30. The van der Waals surface area contributed by atoms with Crippen LogP contribution in [-0.2, 0) is 5.54 Å². The molecular formula is C15H21NO. The van der Waals surface area contributed by atoms with E-state index in [4.69, 9.17) is 4.74 Å². The van der Waals surface area contributed by atoms with Crippen LogP contribution in [0, 0.1) is 5.92 Å². The summed E-state index contributed by atoms with van der Waals surface area (Å²) in [5, 5.41) is 3.76. The molecule has 2 nitrogen and oxygen atoms in total. The summed E-state index contributed by atoms with van der Waals surface area (Å²) in [5.41, 5.74) is 1.74. The van der Waals surface area contributed by atoms with Crippen molar-refractivity contribution in [2.24, 2.45) is 5.92 Å². The van der Waals surface area contributed by atoms with Gasteiger partial charge in [-0.3, -0.25) is 0 Å². The van der Waals surface area contributed by atoms with Gasteiger partial charge in [0.2, 0.25) is 0 Å². The molecule has 0 aromatic heterocycles. The van der Waals surface area contributed by atoms with Crippen molar-refractivity contribution in [2.75, 3.05) is 13.2 Å². The molecule has 1 aliphatic heterocycles. The molecule has 1 saturated heterocycles. The Labute approximate surface area is 103 Å². The van der Waals surface area contributed by atoms with Gasteiger partial charge in [0, 0.05) is 5.54 Å². The predicted octanol–water partition coefficient (Wildman–Crippen LogP) is 3.07. The van der Waals surface area contributed by atoms with E-state index in [1.807, 2.05) is 6.92 Å². The molecule has 0 spiro atoms. The molecule has 0 radical (unpaired) electrons. The smallest absolute Gasteiger partial charge is 0.119 e. The van der Waals surface area contributed by atoms with Crippen molar-refractivity contribution in [1.82, 2.24) is 5.32 Å². The third-order valence-electron chi connectivity index (χ3n) is 4.14.